The van der Waals surface area contributed by atoms with Crippen molar-refractivity contribution in [1.82, 2.24) is 0 Å². The first kappa shape index (κ1) is 41.7. The van der Waals surface area contributed by atoms with Crippen LogP contribution in [0.1, 0.15) is 0 Å². The molecule has 0 aliphatic rings. The quantitative estimate of drug-likeness (QED) is 0.121. The van der Waals surface area contributed by atoms with Crippen molar-refractivity contribution in [3.63, 3.8) is 0 Å². The van der Waals surface area contributed by atoms with Gasteiger partial charge in [-0.05, 0) is 140 Å². The normalized spacial score (nSPS) is 10.9. The molecule has 0 unspecified atom stereocenters. The summed E-state index contributed by atoms with van der Waals surface area (Å²) >= 11 is 0. The van der Waals surface area contributed by atoms with Crippen LogP contribution in [0.4, 0.5) is 34.1 Å². The number of hydrogen-bond donors (Lipinski definition) is 0. The predicted molar refractivity (Wildman–Crippen MR) is 288 cm³/mol. The van der Waals surface area contributed by atoms with Gasteiger partial charge in [0, 0.05) is 34.1 Å². The molecule has 0 amide bonds. The third-order valence-electron chi connectivity index (χ3n) is 12.7. The van der Waals surface area contributed by atoms with Crippen LogP contribution in [0.25, 0.3) is 66.8 Å². The third-order valence-corrected chi connectivity index (χ3v) is 12.7. The maximum atomic E-state index is 2.36. The van der Waals surface area contributed by atoms with E-state index in [9.17, 15) is 0 Å². The van der Waals surface area contributed by atoms with Crippen molar-refractivity contribution in [3.05, 3.63) is 291 Å². The number of benzene rings is 11. The minimum absolute atomic E-state index is 1.08. The van der Waals surface area contributed by atoms with Gasteiger partial charge in [-0.25, -0.2) is 0 Å². The molecular weight excluding hydrogens is 821 g/mol. The lowest BCUT2D eigenvalue weighted by Gasteiger charge is -2.27. The predicted octanol–water partition coefficient (Wildman–Crippen LogP) is 18.6. The van der Waals surface area contributed by atoms with Gasteiger partial charge in [0.25, 0.3) is 0 Å². The Morgan fingerprint density at radius 2 is 0.324 bits per heavy atom. The van der Waals surface area contributed by atoms with Crippen LogP contribution >= 0.6 is 0 Å². The monoisotopic (exact) mass is 868 g/mol. The van der Waals surface area contributed by atoms with E-state index in [-0.39, 0.29) is 0 Å². The Labute approximate surface area is 400 Å². The third kappa shape index (κ3) is 9.00. The van der Waals surface area contributed by atoms with Crippen LogP contribution < -0.4 is 9.80 Å². The lowest BCUT2D eigenvalue weighted by atomic mass is 10.00. The Balaban J connectivity index is 0.910. The van der Waals surface area contributed by atoms with Crippen LogP contribution in [0.2, 0.25) is 0 Å². The van der Waals surface area contributed by atoms with Crippen LogP contribution in [0, 0.1) is 0 Å². The first-order valence-electron chi connectivity index (χ1n) is 23.2. The molecule has 322 valence electrons. The summed E-state index contributed by atoms with van der Waals surface area (Å²) in [6.45, 7) is 0. The van der Waals surface area contributed by atoms with E-state index in [1.165, 1.54) is 55.6 Å². The largest absolute Gasteiger partial charge is 0.311 e. The lowest BCUT2D eigenvalue weighted by molar-refractivity contribution is 1.28. The molecule has 0 saturated carbocycles. The Morgan fingerprint density at radius 1 is 0.132 bits per heavy atom. The van der Waals surface area contributed by atoms with E-state index in [0.29, 0.717) is 0 Å². The average molecular weight is 869 g/mol. The minimum atomic E-state index is 1.08. The van der Waals surface area contributed by atoms with Gasteiger partial charge in [-0.2, -0.15) is 0 Å². The molecule has 2 heteroatoms. The number of nitrogens with zero attached hydrogens (tertiary/aromatic N) is 2. The molecule has 0 aliphatic carbocycles. The number of anilines is 6. The molecule has 0 N–H and O–H groups in total. The average Bonchev–Trinajstić information content (AvgIpc) is 3.43. The highest BCUT2D eigenvalue weighted by molar-refractivity contribution is 5.85. The summed E-state index contributed by atoms with van der Waals surface area (Å²) in [5.74, 6) is 0. The fraction of sp³-hybridized carbons (Fsp3) is 0. The molecule has 0 saturated heterocycles. The topological polar surface area (TPSA) is 6.48 Å². The summed E-state index contributed by atoms with van der Waals surface area (Å²) in [6.07, 6.45) is 0. The van der Waals surface area contributed by atoms with E-state index in [1.54, 1.807) is 0 Å². The highest BCUT2D eigenvalue weighted by Gasteiger charge is 2.17. The van der Waals surface area contributed by atoms with Crippen LogP contribution in [0.5, 0.6) is 0 Å². The van der Waals surface area contributed by atoms with E-state index in [4.69, 9.17) is 0 Å². The van der Waals surface area contributed by atoms with Crippen molar-refractivity contribution < 1.29 is 0 Å². The first-order chi connectivity index (χ1) is 33.7. The molecule has 0 bridgehead atoms. The highest BCUT2D eigenvalue weighted by atomic mass is 15.1. The molecule has 11 aromatic carbocycles. The number of hydrogen-bond acceptors (Lipinski definition) is 2. The van der Waals surface area contributed by atoms with Crippen molar-refractivity contribution >= 4 is 34.1 Å². The van der Waals surface area contributed by atoms with Gasteiger partial charge in [0.05, 0.1) is 0 Å². The molecule has 0 heterocycles. The van der Waals surface area contributed by atoms with Crippen molar-refractivity contribution in [1.29, 1.82) is 0 Å². The zero-order valence-corrected chi connectivity index (χ0v) is 37.6. The van der Waals surface area contributed by atoms with Crippen molar-refractivity contribution in [2.45, 2.75) is 0 Å². The summed E-state index contributed by atoms with van der Waals surface area (Å²) in [5.41, 5.74) is 20.8. The van der Waals surface area contributed by atoms with Crippen molar-refractivity contribution in [2.75, 3.05) is 9.80 Å². The second-order valence-corrected chi connectivity index (χ2v) is 17.0. The fourth-order valence-corrected chi connectivity index (χ4v) is 9.13. The molecule has 68 heavy (non-hydrogen) atoms. The van der Waals surface area contributed by atoms with Gasteiger partial charge in [-0.3, -0.25) is 0 Å². The van der Waals surface area contributed by atoms with Crippen LogP contribution in [0.3, 0.4) is 0 Å². The van der Waals surface area contributed by atoms with E-state index in [1.807, 2.05) is 0 Å². The second kappa shape index (κ2) is 19.2. The molecule has 0 spiro atoms. The van der Waals surface area contributed by atoms with E-state index >= 15 is 0 Å². The summed E-state index contributed by atoms with van der Waals surface area (Å²) in [6, 6.07) is 105. The molecule has 11 aromatic rings. The van der Waals surface area contributed by atoms with Gasteiger partial charge in [-0.15, -0.1) is 0 Å². The maximum absolute atomic E-state index is 2.36. The molecular formula is C66H48N2. The molecule has 0 fully saturated rings. The summed E-state index contributed by atoms with van der Waals surface area (Å²) < 4.78 is 0. The summed E-state index contributed by atoms with van der Waals surface area (Å²) in [5, 5.41) is 0. The Kier molecular flexibility index (Phi) is 11.8. The number of rotatable bonds is 12. The standard InChI is InChI=1S/C66H48N2/c1-5-15-49(16-6-1)53-27-29-54(30-28-53)56-33-41-62(42-34-56)67(61-39-31-55(32-40-61)50-17-7-2-8-18-50)63-43-35-57(36-44-63)58-37-45-64(46-38-58)68(65-25-13-23-59(47-65)51-19-9-3-10-20-51)66-26-14-24-60(48-66)52-21-11-4-12-22-52/h1-48H. The summed E-state index contributed by atoms with van der Waals surface area (Å²) in [7, 11) is 0. The molecule has 0 aromatic heterocycles. The zero-order valence-electron chi connectivity index (χ0n) is 37.6. The Bertz CT molecular complexity index is 3290. The Morgan fingerprint density at radius 3 is 0.588 bits per heavy atom. The van der Waals surface area contributed by atoms with E-state index < -0.39 is 0 Å². The minimum Gasteiger partial charge on any atom is -0.311 e. The Hall–Kier alpha value is -8.98. The molecule has 0 radical (unpaired) electrons. The van der Waals surface area contributed by atoms with Gasteiger partial charge in [0.2, 0.25) is 0 Å². The van der Waals surface area contributed by atoms with Crippen LogP contribution in [0.15, 0.2) is 291 Å². The maximum Gasteiger partial charge on any atom is 0.0467 e. The van der Waals surface area contributed by atoms with Crippen LogP contribution in [-0.4, -0.2) is 0 Å². The van der Waals surface area contributed by atoms with E-state index in [0.717, 1.165) is 45.3 Å². The highest BCUT2D eigenvalue weighted by Crippen LogP contribution is 2.41. The smallest absolute Gasteiger partial charge is 0.0467 e. The van der Waals surface area contributed by atoms with Crippen LogP contribution in [-0.2, 0) is 0 Å². The van der Waals surface area contributed by atoms with Gasteiger partial charge in [0.1, 0.15) is 0 Å². The SMILES string of the molecule is c1ccc(-c2ccc(-c3ccc(N(c4ccc(-c5ccccc5)cc4)c4ccc(-c5ccc(N(c6cccc(-c7ccccc7)c6)c6cccc(-c7ccccc7)c6)cc5)cc4)cc3)cc2)cc1. The first-order valence-corrected chi connectivity index (χ1v) is 23.2. The molecule has 11 rings (SSSR count). The van der Waals surface area contributed by atoms with Gasteiger partial charge in [0.15, 0.2) is 0 Å². The summed E-state index contributed by atoms with van der Waals surface area (Å²) in [4.78, 5) is 4.70. The molecule has 2 nitrogen and oxygen atoms in total. The molecule has 0 atom stereocenters. The van der Waals surface area contributed by atoms with Gasteiger partial charge in [-0.1, -0.05) is 218 Å². The second-order valence-electron chi connectivity index (χ2n) is 17.0. The molecule has 0 aliphatic heterocycles. The van der Waals surface area contributed by atoms with Crippen molar-refractivity contribution in [3.8, 4) is 66.8 Å². The van der Waals surface area contributed by atoms with E-state index in [2.05, 4.69) is 301 Å². The zero-order chi connectivity index (χ0) is 45.5. The van der Waals surface area contributed by atoms with Crippen molar-refractivity contribution in [2.24, 2.45) is 0 Å². The van der Waals surface area contributed by atoms with Gasteiger partial charge >= 0.3 is 0 Å². The lowest BCUT2D eigenvalue weighted by Crippen LogP contribution is -2.10. The fourth-order valence-electron chi connectivity index (χ4n) is 9.13. The van der Waals surface area contributed by atoms with Gasteiger partial charge < -0.3 is 9.80 Å².